The van der Waals surface area contributed by atoms with E-state index in [2.05, 4.69) is 23.3 Å². The molecule has 0 fully saturated rings. The number of hydrogen-bond donors (Lipinski definition) is 1. The summed E-state index contributed by atoms with van der Waals surface area (Å²) >= 11 is 0. The van der Waals surface area contributed by atoms with Crippen LogP contribution in [-0.4, -0.2) is 47.5 Å². The molecule has 0 amide bonds. The van der Waals surface area contributed by atoms with Crippen LogP contribution in [0.15, 0.2) is 24.3 Å². The summed E-state index contributed by atoms with van der Waals surface area (Å²) in [7, 11) is 7.41. The Bertz CT molecular complexity index is 331. The van der Waals surface area contributed by atoms with E-state index < -0.39 is 0 Å². The van der Waals surface area contributed by atoms with Crippen LogP contribution in [0.3, 0.4) is 0 Å². The van der Waals surface area contributed by atoms with Crippen LogP contribution in [0.4, 0.5) is 5.69 Å². The van der Waals surface area contributed by atoms with Crippen LogP contribution in [0.5, 0.6) is 5.75 Å². The Morgan fingerprint density at radius 2 is 2.12 bits per heavy atom. The van der Waals surface area contributed by atoms with Crippen molar-refractivity contribution < 1.29 is 9.47 Å². The fourth-order valence-corrected chi connectivity index (χ4v) is 1.71. The third kappa shape index (κ3) is 4.24. The molecule has 4 heteroatoms. The minimum atomic E-state index is 0.316. The van der Waals surface area contributed by atoms with Crippen molar-refractivity contribution in [2.45, 2.75) is 6.04 Å². The molecule has 1 N–H and O–H groups in total. The molecule has 0 saturated heterocycles. The first-order valence-corrected chi connectivity index (χ1v) is 5.72. The summed E-state index contributed by atoms with van der Waals surface area (Å²) in [4.78, 5) is 2.18. The maximum Gasteiger partial charge on any atom is 0.120 e. The van der Waals surface area contributed by atoms with Gasteiger partial charge in [-0.3, -0.25) is 0 Å². The van der Waals surface area contributed by atoms with Crippen LogP contribution < -0.4 is 15.0 Å². The van der Waals surface area contributed by atoms with Crippen molar-refractivity contribution >= 4 is 5.69 Å². The Morgan fingerprint density at radius 1 is 1.35 bits per heavy atom. The lowest BCUT2D eigenvalue weighted by Crippen LogP contribution is -2.40. The Morgan fingerprint density at radius 3 is 2.71 bits per heavy atom. The standard InChI is InChI=1S/C13H22N2O2/c1-14-11(10-16-3)9-15(2)12-6-5-7-13(8-12)17-4/h5-8,11,14H,9-10H2,1-4H3. The normalized spacial score (nSPS) is 12.2. The highest BCUT2D eigenvalue weighted by molar-refractivity contribution is 5.50. The number of nitrogens with one attached hydrogen (secondary N) is 1. The number of methoxy groups -OCH3 is 2. The van der Waals surface area contributed by atoms with Gasteiger partial charge in [-0.05, 0) is 19.2 Å². The van der Waals surface area contributed by atoms with E-state index in [4.69, 9.17) is 9.47 Å². The molecule has 0 radical (unpaired) electrons. The van der Waals surface area contributed by atoms with Gasteiger partial charge in [-0.2, -0.15) is 0 Å². The number of nitrogens with zero attached hydrogens (tertiary/aromatic N) is 1. The second kappa shape index (κ2) is 7.14. The number of likely N-dealkylation sites (N-methyl/N-ethyl adjacent to an activating group) is 2. The zero-order chi connectivity index (χ0) is 12.7. The number of anilines is 1. The molecule has 0 aliphatic rings. The molecule has 1 unspecified atom stereocenters. The second-order valence-electron chi connectivity index (χ2n) is 4.02. The van der Waals surface area contributed by atoms with E-state index in [1.165, 1.54) is 0 Å². The summed E-state index contributed by atoms with van der Waals surface area (Å²) < 4.78 is 10.4. The van der Waals surface area contributed by atoms with Crippen LogP contribution in [0.1, 0.15) is 0 Å². The third-order valence-corrected chi connectivity index (χ3v) is 2.76. The lowest BCUT2D eigenvalue weighted by atomic mass is 10.2. The number of rotatable bonds is 7. The summed E-state index contributed by atoms with van der Waals surface area (Å²) in [6, 6.07) is 8.36. The topological polar surface area (TPSA) is 33.7 Å². The predicted octanol–water partition coefficient (Wildman–Crippen LogP) is 1.37. The Hall–Kier alpha value is -1.26. The summed E-state index contributed by atoms with van der Waals surface area (Å²) in [5.41, 5.74) is 1.14. The minimum absolute atomic E-state index is 0.316. The molecule has 0 aliphatic heterocycles. The van der Waals surface area contributed by atoms with Crippen LogP contribution >= 0.6 is 0 Å². The molecule has 0 aromatic heterocycles. The third-order valence-electron chi connectivity index (χ3n) is 2.76. The molecule has 0 saturated carbocycles. The van der Waals surface area contributed by atoms with Gasteiger partial charge in [0.15, 0.2) is 0 Å². The van der Waals surface area contributed by atoms with Gasteiger partial charge < -0.3 is 19.7 Å². The second-order valence-corrected chi connectivity index (χ2v) is 4.02. The minimum Gasteiger partial charge on any atom is -0.497 e. The molecule has 1 atom stereocenters. The highest BCUT2D eigenvalue weighted by Crippen LogP contribution is 2.19. The molecule has 0 heterocycles. The van der Waals surface area contributed by atoms with E-state index >= 15 is 0 Å². The summed E-state index contributed by atoms with van der Waals surface area (Å²) in [6.45, 7) is 1.59. The number of ether oxygens (including phenoxy) is 2. The average molecular weight is 238 g/mol. The van der Waals surface area contributed by atoms with Gasteiger partial charge in [-0.25, -0.2) is 0 Å². The predicted molar refractivity (Wildman–Crippen MR) is 71.0 cm³/mol. The quantitative estimate of drug-likeness (QED) is 0.778. The van der Waals surface area contributed by atoms with Gasteiger partial charge in [0.05, 0.1) is 13.7 Å². The van der Waals surface area contributed by atoms with Crippen molar-refractivity contribution in [1.82, 2.24) is 5.32 Å². The maximum absolute atomic E-state index is 5.22. The van der Waals surface area contributed by atoms with Gasteiger partial charge in [0.1, 0.15) is 5.75 Å². The van der Waals surface area contributed by atoms with Crippen LogP contribution in [-0.2, 0) is 4.74 Å². The summed E-state index contributed by atoms with van der Waals surface area (Å²) in [5, 5.41) is 3.23. The zero-order valence-electron chi connectivity index (χ0n) is 11.1. The molecule has 0 spiro atoms. The molecule has 4 nitrogen and oxygen atoms in total. The van der Waals surface area contributed by atoms with Gasteiger partial charge in [-0.1, -0.05) is 6.07 Å². The van der Waals surface area contributed by atoms with E-state index in [-0.39, 0.29) is 0 Å². The molecule has 1 rings (SSSR count). The first-order valence-electron chi connectivity index (χ1n) is 5.72. The van der Waals surface area contributed by atoms with E-state index in [0.717, 1.165) is 18.0 Å². The van der Waals surface area contributed by atoms with E-state index in [1.807, 2.05) is 25.2 Å². The van der Waals surface area contributed by atoms with Gasteiger partial charge in [0, 0.05) is 38.5 Å². The Balaban J connectivity index is 2.64. The molecule has 1 aromatic carbocycles. The van der Waals surface area contributed by atoms with Gasteiger partial charge in [0.25, 0.3) is 0 Å². The highest BCUT2D eigenvalue weighted by Gasteiger charge is 2.10. The first-order chi connectivity index (χ1) is 8.21. The lowest BCUT2D eigenvalue weighted by Gasteiger charge is -2.25. The van der Waals surface area contributed by atoms with Gasteiger partial charge in [-0.15, -0.1) is 0 Å². The fourth-order valence-electron chi connectivity index (χ4n) is 1.71. The zero-order valence-corrected chi connectivity index (χ0v) is 11.1. The maximum atomic E-state index is 5.22. The van der Waals surface area contributed by atoms with Crippen LogP contribution in [0, 0.1) is 0 Å². The van der Waals surface area contributed by atoms with Crippen molar-refractivity contribution in [3.05, 3.63) is 24.3 Å². The first kappa shape index (κ1) is 13.8. The lowest BCUT2D eigenvalue weighted by molar-refractivity contribution is 0.171. The molecule has 17 heavy (non-hydrogen) atoms. The van der Waals surface area contributed by atoms with Crippen molar-refractivity contribution in [3.8, 4) is 5.75 Å². The molecule has 0 bridgehead atoms. The van der Waals surface area contributed by atoms with E-state index in [0.29, 0.717) is 12.6 Å². The molecular formula is C13H22N2O2. The molecular weight excluding hydrogens is 216 g/mol. The smallest absolute Gasteiger partial charge is 0.120 e. The van der Waals surface area contributed by atoms with Crippen LogP contribution in [0.2, 0.25) is 0 Å². The average Bonchev–Trinajstić information content (AvgIpc) is 2.38. The Kier molecular flexibility index (Phi) is 5.80. The van der Waals surface area contributed by atoms with Crippen LogP contribution in [0.25, 0.3) is 0 Å². The van der Waals surface area contributed by atoms with Crippen molar-refractivity contribution in [3.63, 3.8) is 0 Å². The molecule has 1 aromatic rings. The van der Waals surface area contributed by atoms with Gasteiger partial charge in [0.2, 0.25) is 0 Å². The monoisotopic (exact) mass is 238 g/mol. The van der Waals surface area contributed by atoms with E-state index in [1.54, 1.807) is 14.2 Å². The number of hydrogen-bond acceptors (Lipinski definition) is 4. The van der Waals surface area contributed by atoms with Crippen molar-refractivity contribution in [1.29, 1.82) is 0 Å². The molecule has 96 valence electrons. The summed E-state index contributed by atoms with van der Waals surface area (Å²) in [6.07, 6.45) is 0. The molecule has 0 aliphatic carbocycles. The highest BCUT2D eigenvalue weighted by atomic mass is 16.5. The Labute approximate surface area is 104 Å². The van der Waals surface area contributed by atoms with Gasteiger partial charge >= 0.3 is 0 Å². The summed E-state index contributed by atoms with van der Waals surface area (Å²) in [5.74, 6) is 0.877. The largest absolute Gasteiger partial charge is 0.497 e. The van der Waals surface area contributed by atoms with E-state index in [9.17, 15) is 0 Å². The van der Waals surface area contributed by atoms with Crippen molar-refractivity contribution in [2.24, 2.45) is 0 Å². The SMILES string of the molecule is CNC(COC)CN(C)c1cccc(OC)c1. The number of benzene rings is 1. The van der Waals surface area contributed by atoms with Crippen molar-refractivity contribution in [2.75, 3.05) is 46.4 Å². The fraction of sp³-hybridized carbons (Fsp3) is 0.538.